The Hall–Kier alpha value is -2.88. The molecule has 1 saturated carbocycles. The van der Waals surface area contributed by atoms with Crippen molar-refractivity contribution in [3.63, 3.8) is 0 Å². The lowest BCUT2D eigenvalue weighted by atomic mass is 10.2. The number of anilines is 1. The third kappa shape index (κ3) is 5.11. The van der Waals surface area contributed by atoms with Gasteiger partial charge in [0.15, 0.2) is 6.10 Å². The van der Waals surface area contributed by atoms with Gasteiger partial charge in [0.2, 0.25) is 5.91 Å². The summed E-state index contributed by atoms with van der Waals surface area (Å²) in [5, 5.41) is 13.7. The molecule has 1 atom stereocenters. The molecule has 1 aromatic rings. The van der Waals surface area contributed by atoms with Crippen molar-refractivity contribution in [1.29, 1.82) is 5.26 Å². The fraction of sp³-hybridized carbons (Fsp3) is 0.375. The highest BCUT2D eigenvalue weighted by atomic mass is 16.5. The van der Waals surface area contributed by atoms with E-state index in [0.717, 1.165) is 12.8 Å². The van der Waals surface area contributed by atoms with Crippen LogP contribution in [-0.2, 0) is 14.3 Å². The van der Waals surface area contributed by atoms with Gasteiger partial charge in [0.1, 0.15) is 6.42 Å². The molecule has 2 amide bonds. The van der Waals surface area contributed by atoms with Crippen LogP contribution in [-0.4, -0.2) is 29.9 Å². The van der Waals surface area contributed by atoms with Gasteiger partial charge in [-0.05, 0) is 44.0 Å². The van der Waals surface area contributed by atoms with E-state index in [1.807, 2.05) is 0 Å². The van der Waals surface area contributed by atoms with E-state index in [1.54, 1.807) is 6.07 Å². The lowest BCUT2D eigenvalue weighted by molar-refractivity contribution is -0.129. The van der Waals surface area contributed by atoms with Gasteiger partial charge in [0, 0.05) is 11.7 Å². The van der Waals surface area contributed by atoms with Gasteiger partial charge >= 0.3 is 5.97 Å². The van der Waals surface area contributed by atoms with E-state index in [9.17, 15) is 14.4 Å². The molecule has 2 N–H and O–H groups in total. The Morgan fingerprint density at radius 3 is 2.52 bits per heavy atom. The zero-order valence-electron chi connectivity index (χ0n) is 12.7. The molecule has 1 aliphatic carbocycles. The molecule has 0 spiro atoms. The van der Waals surface area contributed by atoms with Gasteiger partial charge in [-0.2, -0.15) is 5.26 Å². The second kappa shape index (κ2) is 7.40. The maximum absolute atomic E-state index is 12.0. The molecular weight excluding hydrogens is 298 g/mol. The minimum absolute atomic E-state index is 0.208. The summed E-state index contributed by atoms with van der Waals surface area (Å²) in [5.74, 6) is -1.34. The predicted molar refractivity (Wildman–Crippen MR) is 81.3 cm³/mol. The number of carbonyl (C=O) groups is 3. The molecule has 7 nitrogen and oxygen atoms in total. The molecule has 0 bridgehead atoms. The number of hydrogen-bond donors (Lipinski definition) is 2. The second-order valence-electron chi connectivity index (χ2n) is 5.29. The number of benzene rings is 1. The van der Waals surface area contributed by atoms with Crippen molar-refractivity contribution in [2.24, 2.45) is 0 Å². The normalized spacial score (nSPS) is 14.3. The van der Waals surface area contributed by atoms with Crippen LogP contribution in [0.1, 0.15) is 36.5 Å². The second-order valence-corrected chi connectivity index (χ2v) is 5.29. The van der Waals surface area contributed by atoms with Gasteiger partial charge in [0.05, 0.1) is 11.6 Å². The average molecular weight is 315 g/mol. The number of amides is 2. The lowest BCUT2D eigenvalue weighted by Gasteiger charge is -2.13. The van der Waals surface area contributed by atoms with Crippen molar-refractivity contribution in [3.05, 3.63) is 29.8 Å². The number of esters is 1. The summed E-state index contributed by atoms with van der Waals surface area (Å²) in [5.41, 5.74) is 0.746. The Bertz CT molecular complexity index is 644. The molecule has 1 aliphatic rings. The van der Waals surface area contributed by atoms with E-state index in [-0.39, 0.29) is 23.9 Å². The summed E-state index contributed by atoms with van der Waals surface area (Å²) in [6.45, 7) is 1.52. The first-order valence-corrected chi connectivity index (χ1v) is 7.28. The van der Waals surface area contributed by atoms with Crippen molar-refractivity contribution in [3.8, 4) is 6.07 Å². The molecule has 0 aliphatic heterocycles. The number of nitriles is 1. The SMILES string of the molecule is CC(OC(=O)c1ccc(NC(=O)CC#N)cc1)C(=O)NC1CC1. The molecule has 120 valence electrons. The van der Waals surface area contributed by atoms with Crippen LogP contribution in [0.25, 0.3) is 0 Å². The van der Waals surface area contributed by atoms with Crippen LogP contribution in [0.15, 0.2) is 24.3 Å². The number of nitrogens with zero attached hydrogens (tertiary/aromatic N) is 1. The largest absolute Gasteiger partial charge is 0.449 e. The third-order valence-corrected chi connectivity index (χ3v) is 3.22. The van der Waals surface area contributed by atoms with Crippen molar-refractivity contribution >= 4 is 23.5 Å². The number of carbonyl (C=O) groups excluding carboxylic acids is 3. The Kier molecular flexibility index (Phi) is 5.31. The number of ether oxygens (including phenoxy) is 1. The van der Waals surface area contributed by atoms with Crippen LogP contribution in [0.5, 0.6) is 0 Å². The van der Waals surface area contributed by atoms with E-state index in [1.165, 1.54) is 31.2 Å². The summed E-state index contributed by atoms with van der Waals surface area (Å²) in [6, 6.07) is 7.97. The molecule has 0 saturated heterocycles. The van der Waals surface area contributed by atoms with Crippen LogP contribution in [0.2, 0.25) is 0 Å². The van der Waals surface area contributed by atoms with Gasteiger partial charge < -0.3 is 15.4 Å². The zero-order valence-corrected chi connectivity index (χ0v) is 12.7. The standard InChI is InChI=1S/C16H17N3O4/c1-10(15(21)19-13-6-7-13)23-16(22)11-2-4-12(5-3-11)18-14(20)8-9-17/h2-5,10,13H,6-8H2,1H3,(H,18,20)(H,19,21). The Morgan fingerprint density at radius 1 is 1.30 bits per heavy atom. The van der Waals surface area contributed by atoms with E-state index in [2.05, 4.69) is 10.6 Å². The molecular formula is C16H17N3O4. The maximum atomic E-state index is 12.0. The summed E-state index contributed by atoms with van der Waals surface area (Å²) >= 11 is 0. The van der Waals surface area contributed by atoms with Crippen LogP contribution >= 0.6 is 0 Å². The third-order valence-electron chi connectivity index (χ3n) is 3.22. The Balaban J connectivity index is 1.87. The van der Waals surface area contributed by atoms with E-state index in [4.69, 9.17) is 10.00 Å². The highest BCUT2D eigenvalue weighted by Crippen LogP contribution is 2.19. The highest BCUT2D eigenvalue weighted by molar-refractivity contribution is 5.94. The maximum Gasteiger partial charge on any atom is 0.338 e. The van der Waals surface area contributed by atoms with Crippen LogP contribution < -0.4 is 10.6 Å². The van der Waals surface area contributed by atoms with Crippen LogP contribution in [0.3, 0.4) is 0 Å². The van der Waals surface area contributed by atoms with Gasteiger partial charge in [-0.1, -0.05) is 0 Å². The smallest absolute Gasteiger partial charge is 0.338 e. The quantitative estimate of drug-likeness (QED) is 0.771. The molecule has 1 fully saturated rings. The number of nitrogens with one attached hydrogen (secondary N) is 2. The number of hydrogen-bond acceptors (Lipinski definition) is 5. The molecule has 2 rings (SSSR count). The van der Waals surface area contributed by atoms with Gasteiger partial charge in [-0.25, -0.2) is 4.79 Å². The topological polar surface area (TPSA) is 108 Å². The van der Waals surface area contributed by atoms with Gasteiger partial charge in [-0.3, -0.25) is 9.59 Å². The van der Waals surface area contributed by atoms with E-state index < -0.39 is 18.0 Å². The Labute approximate surface area is 133 Å². The number of rotatable bonds is 6. The molecule has 0 radical (unpaired) electrons. The summed E-state index contributed by atoms with van der Waals surface area (Å²) in [4.78, 5) is 35.0. The van der Waals surface area contributed by atoms with Crippen molar-refractivity contribution in [2.45, 2.75) is 38.3 Å². The van der Waals surface area contributed by atoms with Crippen molar-refractivity contribution in [1.82, 2.24) is 5.32 Å². The average Bonchev–Trinajstić information content (AvgIpc) is 3.32. The fourth-order valence-electron chi connectivity index (χ4n) is 1.79. The minimum atomic E-state index is -0.863. The van der Waals surface area contributed by atoms with Gasteiger partial charge in [-0.15, -0.1) is 0 Å². The minimum Gasteiger partial charge on any atom is -0.449 e. The molecule has 0 aromatic heterocycles. The Morgan fingerprint density at radius 2 is 1.96 bits per heavy atom. The lowest BCUT2D eigenvalue weighted by Crippen LogP contribution is -2.37. The molecule has 1 aromatic carbocycles. The van der Waals surface area contributed by atoms with Crippen molar-refractivity contribution in [2.75, 3.05) is 5.32 Å². The predicted octanol–water partition coefficient (Wildman–Crippen LogP) is 1.36. The zero-order chi connectivity index (χ0) is 16.8. The van der Waals surface area contributed by atoms with E-state index in [0.29, 0.717) is 5.69 Å². The highest BCUT2D eigenvalue weighted by Gasteiger charge is 2.27. The van der Waals surface area contributed by atoms with Crippen LogP contribution in [0, 0.1) is 11.3 Å². The van der Waals surface area contributed by atoms with Crippen molar-refractivity contribution < 1.29 is 19.1 Å². The molecule has 1 unspecified atom stereocenters. The molecule has 23 heavy (non-hydrogen) atoms. The first-order valence-electron chi connectivity index (χ1n) is 7.28. The summed E-state index contributed by atoms with van der Waals surface area (Å²) in [6.07, 6.45) is 0.826. The van der Waals surface area contributed by atoms with E-state index >= 15 is 0 Å². The monoisotopic (exact) mass is 315 g/mol. The molecule has 7 heteroatoms. The van der Waals surface area contributed by atoms with Crippen LogP contribution in [0.4, 0.5) is 5.69 Å². The summed E-state index contributed by atoms with van der Waals surface area (Å²) < 4.78 is 5.11. The first kappa shape index (κ1) is 16.5. The molecule has 0 heterocycles. The van der Waals surface area contributed by atoms with Gasteiger partial charge in [0.25, 0.3) is 5.91 Å². The fourth-order valence-corrected chi connectivity index (χ4v) is 1.79. The first-order chi connectivity index (χ1) is 11.0. The summed E-state index contributed by atoms with van der Waals surface area (Å²) in [7, 11) is 0.